The van der Waals surface area contributed by atoms with Gasteiger partial charge in [-0.15, -0.1) is 11.8 Å². The summed E-state index contributed by atoms with van der Waals surface area (Å²) in [5, 5.41) is 1.68. The third kappa shape index (κ3) is 5.74. The number of alkyl halides is 3. The third-order valence-corrected chi connectivity index (χ3v) is 6.03. The maximum atomic E-state index is 13.0. The van der Waals surface area contributed by atoms with Gasteiger partial charge in [0.15, 0.2) is 5.37 Å². The van der Waals surface area contributed by atoms with E-state index in [0.29, 0.717) is 16.1 Å². The van der Waals surface area contributed by atoms with E-state index in [-0.39, 0.29) is 22.4 Å². The number of hydrogen-bond acceptors (Lipinski definition) is 3. The molecular formula is C23H28F3N2O2S+. The molecule has 0 bridgehead atoms. The second-order valence-corrected chi connectivity index (χ2v) is 10.5. The number of hydrogen-bond donors (Lipinski definition) is 0. The highest BCUT2D eigenvalue weighted by Gasteiger charge is 2.45. The maximum Gasteiger partial charge on any atom is 0.416 e. The topological polar surface area (TPSA) is 29.5 Å². The number of quaternary nitrogens is 1. The molecule has 1 amide bonds. The summed E-state index contributed by atoms with van der Waals surface area (Å²) in [6.07, 6.45) is -4.43. The summed E-state index contributed by atoms with van der Waals surface area (Å²) in [5.41, 5.74) is 0.140. The van der Waals surface area contributed by atoms with E-state index in [1.165, 1.54) is 12.1 Å². The van der Waals surface area contributed by atoms with Gasteiger partial charge in [0.1, 0.15) is 18.0 Å². The van der Waals surface area contributed by atoms with Crippen LogP contribution in [0.4, 0.5) is 13.2 Å². The average Bonchev–Trinajstić information content (AvgIpc) is 3.02. The van der Waals surface area contributed by atoms with Gasteiger partial charge in [-0.25, -0.2) is 4.59 Å². The van der Waals surface area contributed by atoms with Crippen molar-refractivity contribution in [3.8, 4) is 11.5 Å². The van der Waals surface area contributed by atoms with Crippen LogP contribution in [0.5, 0.6) is 11.5 Å². The SMILES string of the molecule is CC(C)(C)C[N+](C)(C)N1C(=O)CSC1c1cccc(Oc2cccc(C(F)(F)F)c2)c1. The van der Waals surface area contributed by atoms with Crippen LogP contribution in [0, 0.1) is 5.41 Å². The fourth-order valence-corrected chi connectivity index (χ4v) is 5.37. The van der Waals surface area contributed by atoms with Crippen LogP contribution in [-0.4, -0.2) is 41.9 Å². The molecule has 2 aromatic carbocycles. The molecular weight excluding hydrogens is 425 g/mol. The Kier molecular flexibility index (Phi) is 6.35. The Morgan fingerprint density at radius 3 is 2.29 bits per heavy atom. The van der Waals surface area contributed by atoms with Crippen molar-refractivity contribution in [3.63, 3.8) is 0 Å². The van der Waals surface area contributed by atoms with Crippen LogP contribution in [-0.2, 0) is 11.0 Å². The Balaban J connectivity index is 1.86. The monoisotopic (exact) mass is 453 g/mol. The number of nitrogens with zero attached hydrogens (tertiary/aromatic N) is 2. The van der Waals surface area contributed by atoms with Crippen LogP contribution in [0.2, 0.25) is 0 Å². The van der Waals surface area contributed by atoms with E-state index in [1.807, 2.05) is 25.2 Å². The first-order chi connectivity index (χ1) is 14.3. The molecule has 1 aliphatic heterocycles. The van der Waals surface area contributed by atoms with E-state index in [4.69, 9.17) is 4.74 Å². The summed E-state index contributed by atoms with van der Waals surface area (Å²) in [6, 6.07) is 12.0. The first kappa shape index (κ1) is 23.5. The van der Waals surface area contributed by atoms with Crippen LogP contribution < -0.4 is 4.74 Å². The van der Waals surface area contributed by atoms with Gasteiger partial charge >= 0.3 is 6.18 Å². The molecule has 0 N–H and O–H groups in total. The largest absolute Gasteiger partial charge is 0.457 e. The Morgan fingerprint density at radius 1 is 1.06 bits per heavy atom. The molecule has 2 aromatic rings. The first-order valence-electron chi connectivity index (χ1n) is 9.98. The fraction of sp³-hybridized carbons (Fsp3) is 0.435. The molecule has 0 spiro atoms. The molecule has 31 heavy (non-hydrogen) atoms. The van der Waals surface area contributed by atoms with Crippen molar-refractivity contribution in [1.29, 1.82) is 0 Å². The number of thioether (sulfide) groups is 1. The summed E-state index contributed by atoms with van der Waals surface area (Å²) < 4.78 is 45.1. The van der Waals surface area contributed by atoms with Crippen molar-refractivity contribution >= 4 is 17.7 Å². The van der Waals surface area contributed by atoms with Gasteiger partial charge in [-0.05, 0) is 35.9 Å². The number of ether oxygens (including phenoxy) is 1. The zero-order valence-corrected chi connectivity index (χ0v) is 19.2. The number of halogens is 3. The van der Waals surface area contributed by atoms with Crippen molar-refractivity contribution in [1.82, 2.24) is 5.01 Å². The lowest BCUT2D eigenvalue weighted by molar-refractivity contribution is -0.997. The van der Waals surface area contributed by atoms with Gasteiger partial charge in [0.05, 0.1) is 25.4 Å². The van der Waals surface area contributed by atoms with E-state index in [1.54, 1.807) is 30.0 Å². The molecule has 168 valence electrons. The van der Waals surface area contributed by atoms with Crippen LogP contribution in [0.3, 0.4) is 0 Å². The molecule has 0 radical (unpaired) electrons. The molecule has 4 nitrogen and oxygen atoms in total. The lowest BCUT2D eigenvalue weighted by Gasteiger charge is -2.43. The zero-order chi connectivity index (χ0) is 23.0. The molecule has 1 fully saturated rings. The summed E-state index contributed by atoms with van der Waals surface area (Å²) >= 11 is 1.54. The van der Waals surface area contributed by atoms with Gasteiger partial charge in [0.25, 0.3) is 5.91 Å². The van der Waals surface area contributed by atoms with Crippen LogP contribution in [0.1, 0.15) is 37.3 Å². The third-order valence-electron chi connectivity index (χ3n) is 4.83. The highest BCUT2D eigenvalue weighted by Crippen LogP contribution is 2.43. The van der Waals surface area contributed by atoms with E-state index in [0.717, 1.165) is 24.2 Å². The summed E-state index contributed by atoms with van der Waals surface area (Å²) in [6.45, 7) is 7.19. The molecule has 0 aromatic heterocycles. The van der Waals surface area contributed by atoms with Gasteiger partial charge in [0, 0.05) is 5.41 Å². The number of amides is 1. The number of rotatable bonds is 5. The van der Waals surface area contributed by atoms with Gasteiger partial charge in [0.2, 0.25) is 0 Å². The highest BCUT2D eigenvalue weighted by molar-refractivity contribution is 8.00. The first-order valence-corrected chi connectivity index (χ1v) is 11.0. The van der Waals surface area contributed by atoms with Gasteiger partial charge in [-0.1, -0.05) is 39.0 Å². The van der Waals surface area contributed by atoms with Crippen molar-refractivity contribution in [2.24, 2.45) is 5.41 Å². The molecule has 1 unspecified atom stereocenters. The molecule has 8 heteroatoms. The van der Waals surface area contributed by atoms with Crippen LogP contribution in [0.25, 0.3) is 0 Å². The van der Waals surface area contributed by atoms with Gasteiger partial charge in [-0.2, -0.15) is 18.2 Å². The van der Waals surface area contributed by atoms with Crippen LogP contribution in [0.15, 0.2) is 48.5 Å². The molecule has 1 atom stereocenters. The summed E-state index contributed by atoms with van der Waals surface area (Å²) in [5.74, 6) is 0.990. The highest BCUT2D eigenvalue weighted by atomic mass is 32.2. The number of carbonyl (C=O) groups excluding carboxylic acids is 1. The van der Waals surface area contributed by atoms with E-state index >= 15 is 0 Å². The predicted molar refractivity (Wildman–Crippen MR) is 116 cm³/mol. The summed E-state index contributed by atoms with van der Waals surface area (Å²) in [4.78, 5) is 12.7. The minimum absolute atomic E-state index is 0.0239. The molecule has 1 heterocycles. The minimum Gasteiger partial charge on any atom is -0.457 e. The minimum atomic E-state index is -4.43. The van der Waals surface area contributed by atoms with Gasteiger partial charge in [-0.3, -0.25) is 4.79 Å². The van der Waals surface area contributed by atoms with Gasteiger partial charge < -0.3 is 4.74 Å². The molecule has 0 aliphatic carbocycles. The quantitative estimate of drug-likeness (QED) is 0.512. The average molecular weight is 454 g/mol. The van der Waals surface area contributed by atoms with Crippen molar-refractivity contribution < 1.29 is 27.3 Å². The zero-order valence-electron chi connectivity index (χ0n) is 18.4. The lowest BCUT2D eigenvalue weighted by atomic mass is 9.96. The Morgan fingerprint density at radius 2 is 1.68 bits per heavy atom. The summed E-state index contributed by atoms with van der Waals surface area (Å²) in [7, 11) is 4.04. The number of carbonyl (C=O) groups is 1. The second kappa shape index (κ2) is 8.39. The van der Waals surface area contributed by atoms with E-state index < -0.39 is 11.7 Å². The molecule has 1 saturated heterocycles. The predicted octanol–water partition coefficient (Wildman–Crippen LogP) is 6.11. The van der Waals surface area contributed by atoms with E-state index in [9.17, 15) is 18.0 Å². The Hall–Kier alpha value is -2.19. The molecule has 1 aliphatic rings. The molecule has 3 rings (SSSR count). The maximum absolute atomic E-state index is 13.0. The lowest BCUT2D eigenvalue weighted by Crippen LogP contribution is -2.59. The van der Waals surface area contributed by atoms with Crippen LogP contribution >= 0.6 is 11.8 Å². The molecule has 0 saturated carbocycles. The van der Waals surface area contributed by atoms with Crippen molar-refractivity contribution in [3.05, 3.63) is 59.7 Å². The smallest absolute Gasteiger partial charge is 0.416 e. The van der Waals surface area contributed by atoms with Crippen molar-refractivity contribution in [2.45, 2.75) is 32.3 Å². The normalized spacial score (nSPS) is 17.9. The van der Waals surface area contributed by atoms with E-state index in [2.05, 4.69) is 20.8 Å². The second-order valence-electron chi connectivity index (χ2n) is 9.44. The standard InChI is InChI=1S/C23H28F3N2O2S/c1-22(2,3)15-28(4,5)27-20(29)14-31-21(27)16-8-6-10-18(12-16)30-19-11-7-9-17(13-19)23(24,25)26/h6-13,21H,14-15H2,1-5H3/q+1. The fourth-order valence-electron chi connectivity index (χ4n) is 4.08. The Labute approximate surface area is 185 Å². The van der Waals surface area contributed by atoms with Crippen molar-refractivity contribution in [2.75, 3.05) is 26.4 Å². The Bertz CT molecular complexity index is 954. The number of benzene rings is 2.